The lowest BCUT2D eigenvalue weighted by Gasteiger charge is -2.21. The number of esters is 4. The fourth-order valence-electron chi connectivity index (χ4n) is 14.8. The summed E-state index contributed by atoms with van der Waals surface area (Å²) >= 11 is 0. The Hall–Kier alpha value is -1.94. The van der Waals surface area contributed by atoms with Crippen LogP contribution < -0.4 is 0 Å². The molecule has 2 unspecified atom stereocenters. The van der Waals surface area contributed by atoms with Gasteiger partial charge in [0.1, 0.15) is 19.3 Å². The molecule has 0 aromatic rings. The van der Waals surface area contributed by atoms with E-state index in [2.05, 4.69) is 27.7 Å². The zero-order chi connectivity index (χ0) is 81.7. The standard InChI is InChI=1S/C93H182O17P2/c1-5-9-13-17-21-25-28-31-34-37-40-43-46-49-52-55-58-61-64-68-72-76-80-93(98)110-89(84-104-91(96)78-74-70-66-62-59-56-53-50-47-44-41-38-35-32-29-26-22-18-14-10-6-2)86-108-112(101,102)106-82-87(94)81-105-111(99,100)107-85-88(83-103-90(95)77-73-69-65-24-20-16-12-8-4)109-92(97)79-75-71-67-63-60-57-54-51-48-45-42-39-36-33-30-27-23-19-15-11-7-3/h87-89,94H,5-86H2,1-4H3,(H,99,100)(H,101,102)/t87-,88+,89+/m0/s1. The zero-order valence-corrected chi connectivity index (χ0v) is 75.5. The molecule has 0 aliphatic rings. The molecule has 17 nitrogen and oxygen atoms in total. The number of phosphoric acid groups is 2. The summed E-state index contributed by atoms with van der Waals surface area (Å²) in [6.07, 6.45) is 85.2. The van der Waals surface area contributed by atoms with E-state index >= 15 is 0 Å². The van der Waals surface area contributed by atoms with Crippen molar-refractivity contribution in [1.29, 1.82) is 0 Å². The summed E-state index contributed by atoms with van der Waals surface area (Å²) in [7, 11) is -9.93. The summed E-state index contributed by atoms with van der Waals surface area (Å²) in [5, 5.41) is 10.7. The maximum Gasteiger partial charge on any atom is 0.472 e. The van der Waals surface area contributed by atoms with Crippen molar-refractivity contribution in [3.8, 4) is 0 Å². The van der Waals surface area contributed by atoms with E-state index in [1.54, 1.807) is 0 Å². The van der Waals surface area contributed by atoms with Gasteiger partial charge in [0, 0.05) is 25.7 Å². The highest BCUT2D eigenvalue weighted by molar-refractivity contribution is 7.47. The van der Waals surface area contributed by atoms with Gasteiger partial charge in [-0.25, -0.2) is 9.13 Å². The normalized spacial score (nSPS) is 13.6. The van der Waals surface area contributed by atoms with Gasteiger partial charge in [0.05, 0.1) is 26.4 Å². The number of hydrogen-bond donors (Lipinski definition) is 3. The minimum absolute atomic E-state index is 0.109. The van der Waals surface area contributed by atoms with Crippen LogP contribution in [0.15, 0.2) is 0 Å². The molecule has 0 rings (SSSR count). The Morgan fingerprint density at radius 3 is 0.527 bits per heavy atom. The summed E-state index contributed by atoms with van der Waals surface area (Å²) in [6.45, 7) is 5.06. The van der Waals surface area contributed by atoms with Crippen LogP contribution in [0, 0.1) is 0 Å². The van der Waals surface area contributed by atoms with Crippen molar-refractivity contribution in [3.05, 3.63) is 0 Å². The predicted molar refractivity (Wildman–Crippen MR) is 465 cm³/mol. The van der Waals surface area contributed by atoms with Gasteiger partial charge in [-0.2, -0.15) is 0 Å². The van der Waals surface area contributed by atoms with E-state index in [9.17, 15) is 43.2 Å². The van der Waals surface area contributed by atoms with Crippen LogP contribution >= 0.6 is 15.6 Å². The molecular weight excluding hydrogens is 1450 g/mol. The van der Waals surface area contributed by atoms with Crippen LogP contribution in [0.4, 0.5) is 0 Å². The summed E-state index contributed by atoms with van der Waals surface area (Å²) < 4.78 is 69.0. The maximum atomic E-state index is 13.2. The van der Waals surface area contributed by atoms with Crippen LogP contribution in [0.25, 0.3) is 0 Å². The lowest BCUT2D eigenvalue weighted by Crippen LogP contribution is -2.30. The predicted octanol–water partition coefficient (Wildman–Crippen LogP) is 29.3. The highest BCUT2D eigenvalue weighted by atomic mass is 31.2. The third-order valence-electron chi connectivity index (χ3n) is 22.1. The number of aliphatic hydroxyl groups is 1. The summed E-state index contributed by atoms with van der Waals surface area (Å²) in [6, 6.07) is 0. The topological polar surface area (TPSA) is 237 Å². The molecule has 0 spiro atoms. The molecule has 0 aromatic heterocycles. The second-order valence-corrected chi connectivity index (χ2v) is 36.3. The zero-order valence-electron chi connectivity index (χ0n) is 73.7. The maximum absolute atomic E-state index is 13.2. The molecule has 0 heterocycles. The van der Waals surface area contributed by atoms with Gasteiger partial charge in [0.2, 0.25) is 0 Å². The fraction of sp³-hybridized carbons (Fsp3) is 0.957. The van der Waals surface area contributed by atoms with E-state index in [0.29, 0.717) is 25.7 Å². The SMILES string of the molecule is CCCCCCCCCCCCCCCCCCCCCCCCC(=O)O[C@H](COC(=O)CCCCCCCCCCCCCCCCCCCCCCC)COP(=O)(O)OC[C@@H](O)COP(=O)(O)OC[C@@H](COC(=O)CCCCCCCCCC)OC(=O)CCCCCCCCCCCCCCCCCCCCCCC. The summed E-state index contributed by atoms with van der Waals surface area (Å²) in [5.74, 6) is -2.09. The molecule has 0 fully saturated rings. The van der Waals surface area contributed by atoms with E-state index < -0.39 is 97.5 Å². The number of rotatable bonds is 94. The molecule has 0 bridgehead atoms. The van der Waals surface area contributed by atoms with Gasteiger partial charge < -0.3 is 33.8 Å². The minimum Gasteiger partial charge on any atom is -0.462 e. The first-order chi connectivity index (χ1) is 54.7. The number of carbonyl (C=O) groups is 4. The number of carbonyl (C=O) groups excluding carboxylic acids is 4. The lowest BCUT2D eigenvalue weighted by molar-refractivity contribution is -0.161. The van der Waals surface area contributed by atoms with Crippen LogP contribution in [0.2, 0.25) is 0 Å². The Morgan fingerprint density at radius 2 is 0.357 bits per heavy atom. The average Bonchev–Trinajstić information content (AvgIpc) is 0.899. The second kappa shape index (κ2) is 86.9. The van der Waals surface area contributed by atoms with Crippen molar-refractivity contribution >= 4 is 39.5 Å². The van der Waals surface area contributed by atoms with Gasteiger partial charge >= 0.3 is 39.5 Å². The second-order valence-electron chi connectivity index (χ2n) is 33.4. The fourth-order valence-corrected chi connectivity index (χ4v) is 16.3. The number of phosphoric ester groups is 2. The van der Waals surface area contributed by atoms with Crippen molar-refractivity contribution in [2.24, 2.45) is 0 Å². The van der Waals surface area contributed by atoms with E-state index in [-0.39, 0.29) is 25.7 Å². The molecule has 0 aromatic carbocycles. The Morgan fingerprint density at radius 1 is 0.214 bits per heavy atom. The number of unbranched alkanes of at least 4 members (excludes halogenated alkanes) is 68. The van der Waals surface area contributed by atoms with Crippen molar-refractivity contribution in [1.82, 2.24) is 0 Å². The molecule has 0 saturated heterocycles. The molecule has 19 heteroatoms. The Bertz CT molecular complexity index is 2100. The minimum atomic E-state index is -4.97. The van der Waals surface area contributed by atoms with Crippen molar-refractivity contribution in [2.45, 2.75) is 534 Å². The Kier molecular flexibility index (Phi) is 85.4. The average molecular weight is 1630 g/mol. The molecule has 3 N–H and O–H groups in total. The smallest absolute Gasteiger partial charge is 0.462 e. The lowest BCUT2D eigenvalue weighted by atomic mass is 10.0. The van der Waals surface area contributed by atoms with E-state index in [4.69, 9.17) is 37.0 Å². The molecular formula is C93H182O17P2. The quantitative estimate of drug-likeness (QED) is 0.0222. The third-order valence-corrected chi connectivity index (χ3v) is 24.0. The summed E-state index contributed by atoms with van der Waals surface area (Å²) in [5.41, 5.74) is 0. The molecule has 0 aliphatic heterocycles. The van der Waals surface area contributed by atoms with Crippen molar-refractivity contribution < 1.29 is 80.2 Å². The van der Waals surface area contributed by atoms with Crippen molar-refractivity contribution in [3.63, 3.8) is 0 Å². The highest BCUT2D eigenvalue weighted by Gasteiger charge is 2.31. The largest absolute Gasteiger partial charge is 0.472 e. The van der Waals surface area contributed by atoms with E-state index in [1.165, 1.54) is 347 Å². The third kappa shape index (κ3) is 85.9. The first-order valence-electron chi connectivity index (χ1n) is 48.3. The molecule has 5 atom stereocenters. The van der Waals surface area contributed by atoms with Gasteiger partial charge in [-0.3, -0.25) is 37.3 Å². The van der Waals surface area contributed by atoms with Crippen LogP contribution in [-0.4, -0.2) is 96.7 Å². The van der Waals surface area contributed by atoms with Crippen LogP contribution in [0.5, 0.6) is 0 Å². The molecule has 666 valence electrons. The first kappa shape index (κ1) is 110. The van der Waals surface area contributed by atoms with Gasteiger partial charge in [0.25, 0.3) is 0 Å². The van der Waals surface area contributed by atoms with Crippen LogP contribution in [0.1, 0.15) is 516 Å². The van der Waals surface area contributed by atoms with Gasteiger partial charge in [-0.15, -0.1) is 0 Å². The van der Waals surface area contributed by atoms with Gasteiger partial charge in [-0.05, 0) is 25.7 Å². The first-order valence-corrected chi connectivity index (χ1v) is 51.3. The van der Waals surface area contributed by atoms with Crippen LogP contribution in [-0.2, 0) is 65.4 Å². The van der Waals surface area contributed by atoms with Gasteiger partial charge in [-0.1, -0.05) is 464 Å². The monoisotopic (exact) mass is 1630 g/mol. The summed E-state index contributed by atoms with van der Waals surface area (Å²) in [4.78, 5) is 73.3. The molecule has 0 radical (unpaired) electrons. The Balaban J connectivity index is 5.15. The van der Waals surface area contributed by atoms with E-state index in [0.717, 1.165) is 89.9 Å². The molecule has 0 amide bonds. The highest BCUT2D eigenvalue weighted by Crippen LogP contribution is 2.45. The molecule has 0 aliphatic carbocycles. The van der Waals surface area contributed by atoms with Gasteiger partial charge in [0.15, 0.2) is 12.2 Å². The Labute approximate surface area is 689 Å². The molecule has 112 heavy (non-hydrogen) atoms. The van der Waals surface area contributed by atoms with Crippen molar-refractivity contribution in [2.75, 3.05) is 39.6 Å². The molecule has 0 saturated carbocycles. The number of ether oxygens (including phenoxy) is 4. The number of aliphatic hydroxyl groups excluding tert-OH is 1. The van der Waals surface area contributed by atoms with Crippen LogP contribution in [0.3, 0.4) is 0 Å². The van der Waals surface area contributed by atoms with E-state index in [1.807, 2.05) is 0 Å². The number of hydrogen-bond acceptors (Lipinski definition) is 15.